The van der Waals surface area contributed by atoms with E-state index in [2.05, 4.69) is 5.32 Å². The highest BCUT2D eigenvalue weighted by Crippen LogP contribution is 2.43. The van der Waals surface area contributed by atoms with Gasteiger partial charge in [0.05, 0.1) is 6.10 Å². The van der Waals surface area contributed by atoms with Gasteiger partial charge in [0.1, 0.15) is 5.54 Å². The molecule has 21 heavy (non-hydrogen) atoms. The third-order valence-corrected chi connectivity index (χ3v) is 3.72. The zero-order valence-electron chi connectivity index (χ0n) is 14.1. The summed E-state index contributed by atoms with van der Waals surface area (Å²) in [5.74, 6) is -0.774. The van der Waals surface area contributed by atoms with Crippen molar-refractivity contribution in [1.82, 2.24) is 10.4 Å². The number of ether oxygens (including phenoxy) is 1. The average molecular weight is 299 g/mol. The number of rotatable bonds is 3. The predicted octanol–water partition coefficient (Wildman–Crippen LogP) is 1.81. The maximum absolute atomic E-state index is 12.6. The zero-order chi connectivity index (χ0) is 16.6. The normalized spacial score (nSPS) is 23.7. The second kappa shape index (κ2) is 5.57. The van der Waals surface area contributed by atoms with Gasteiger partial charge in [-0.3, -0.25) is 4.79 Å². The third kappa shape index (κ3) is 3.74. The summed E-state index contributed by atoms with van der Waals surface area (Å²) in [7, 11) is 0. The van der Waals surface area contributed by atoms with Gasteiger partial charge in [-0.15, -0.1) is 10.3 Å². The highest BCUT2D eigenvalue weighted by atomic mass is 16.5. The smallest absolute Gasteiger partial charge is 0.332 e. The van der Waals surface area contributed by atoms with Crippen LogP contribution >= 0.6 is 0 Å². The first-order valence-corrected chi connectivity index (χ1v) is 7.30. The lowest BCUT2D eigenvalue weighted by molar-refractivity contribution is -0.297. The molecule has 6 heteroatoms. The Morgan fingerprint density at radius 1 is 1.10 bits per heavy atom. The van der Waals surface area contributed by atoms with Crippen LogP contribution in [0.15, 0.2) is 0 Å². The molecule has 0 saturated carbocycles. The molecule has 0 aromatic carbocycles. The van der Waals surface area contributed by atoms with E-state index < -0.39 is 22.6 Å². The number of piperidine rings is 1. The molecule has 0 unspecified atom stereocenters. The Balaban J connectivity index is 3.24. The van der Waals surface area contributed by atoms with Crippen LogP contribution in [0.25, 0.3) is 0 Å². The van der Waals surface area contributed by atoms with Gasteiger partial charge in [-0.05, 0) is 41.5 Å². The Hall–Kier alpha value is -1.14. The van der Waals surface area contributed by atoms with Crippen LogP contribution in [-0.4, -0.2) is 39.7 Å². The van der Waals surface area contributed by atoms with Gasteiger partial charge in [0.2, 0.25) is 5.91 Å². The predicted molar refractivity (Wildman–Crippen MR) is 77.7 cm³/mol. The van der Waals surface area contributed by atoms with Gasteiger partial charge in [-0.25, -0.2) is 4.79 Å². The van der Waals surface area contributed by atoms with E-state index in [0.717, 1.165) is 5.06 Å². The van der Waals surface area contributed by atoms with Crippen LogP contribution in [0.5, 0.6) is 0 Å². The van der Waals surface area contributed by atoms with Crippen molar-refractivity contribution in [2.45, 2.75) is 84.0 Å². The number of nitrogens with one attached hydrogen (secondary N) is 1. The number of nitrogens with zero attached hydrogens (tertiary/aromatic N) is 1. The highest BCUT2D eigenvalue weighted by Gasteiger charge is 2.57. The molecule has 121 valence electrons. The molecule has 1 aliphatic rings. The van der Waals surface area contributed by atoms with Crippen molar-refractivity contribution in [1.29, 1.82) is 0 Å². The topological polar surface area (TPSA) is 78.5 Å². The van der Waals surface area contributed by atoms with Crippen LogP contribution in [-0.2, 0) is 19.5 Å². The summed E-state index contributed by atoms with van der Waals surface area (Å²) in [5.41, 5.74) is -2.72. The third-order valence-electron chi connectivity index (χ3n) is 3.72. The fraction of sp³-hybridized carbons (Fsp3) is 0.867. The summed E-state index contributed by atoms with van der Waals surface area (Å²) in [6.07, 6.45) is 0.162. The lowest BCUT2D eigenvalue weighted by Crippen LogP contribution is -2.70. The van der Waals surface area contributed by atoms with E-state index in [0.29, 0.717) is 0 Å². The number of esters is 1. The lowest BCUT2D eigenvalue weighted by atomic mass is 9.70. The second-order valence-corrected chi connectivity index (χ2v) is 7.49. The van der Waals surface area contributed by atoms with E-state index in [1.54, 1.807) is 41.5 Å². The SMILES string of the molecule is CC(=O)NC1(C(=O)OC(C)C)CC(C)(C)N([O])C(C)(C)C1. The first kappa shape index (κ1) is 17.9. The van der Waals surface area contributed by atoms with Gasteiger partial charge in [0.25, 0.3) is 0 Å². The summed E-state index contributed by atoms with van der Waals surface area (Å²) >= 11 is 0. The first-order valence-electron chi connectivity index (χ1n) is 7.30. The van der Waals surface area contributed by atoms with Gasteiger partial charge in [0.15, 0.2) is 0 Å². The number of hydrogen-bond acceptors (Lipinski definition) is 4. The van der Waals surface area contributed by atoms with Crippen LogP contribution in [0.1, 0.15) is 61.3 Å². The minimum absolute atomic E-state index is 0.220. The second-order valence-electron chi connectivity index (χ2n) is 7.49. The highest BCUT2D eigenvalue weighted by molar-refractivity contribution is 5.87. The summed E-state index contributed by atoms with van der Waals surface area (Å²) in [6, 6.07) is 0. The summed E-state index contributed by atoms with van der Waals surface area (Å²) in [6.45, 7) is 12.0. The molecular formula is C15H27N2O4. The number of hydroxylamine groups is 2. The summed E-state index contributed by atoms with van der Waals surface area (Å²) in [5, 5.41) is 16.2. The molecule has 1 fully saturated rings. The maximum Gasteiger partial charge on any atom is 0.332 e. The van der Waals surface area contributed by atoms with Crippen molar-refractivity contribution in [3.63, 3.8) is 0 Å². The van der Waals surface area contributed by atoms with Crippen molar-refractivity contribution in [3.8, 4) is 0 Å². The van der Waals surface area contributed by atoms with E-state index >= 15 is 0 Å². The van der Waals surface area contributed by atoms with Crippen LogP contribution in [0.2, 0.25) is 0 Å². The maximum atomic E-state index is 12.6. The van der Waals surface area contributed by atoms with Crippen LogP contribution in [0, 0.1) is 0 Å². The Morgan fingerprint density at radius 2 is 1.52 bits per heavy atom. The number of carbonyl (C=O) groups excluding carboxylic acids is 2. The van der Waals surface area contributed by atoms with Crippen LogP contribution < -0.4 is 5.32 Å². The van der Waals surface area contributed by atoms with Crippen molar-refractivity contribution >= 4 is 11.9 Å². The van der Waals surface area contributed by atoms with Gasteiger partial charge in [0, 0.05) is 30.8 Å². The fourth-order valence-corrected chi connectivity index (χ4v) is 3.45. The minimum Gasteiger partial charge on any atom is -0.461 e. The van der Waals surface area contributed by atoms with Crippen molar-refractivity contribution in [2.75, 3.05) is 0 Å². The number of amides is 1. The molecular weight excluding hydrogens is 272 g/mol. The van der Waals surface area contributed by atoms with Crippen LogP contribution in [0.4, 0.5) is 0 Å². The van der Waals surface area contributed by atoms with Gasteiger partial charge in [-0.1, -0.05) is 0 Å². The minimum atomic E-state index is -1.16. The molecule has 0 atom stereocenters. The lowest BCUT2D eigenvalue weighted by Gasteiger charge is -2.54. The quantitative estimate of drug-likeness (QED) is 0.806. The molecule has 1 aliphatic heterocycles. The van der Waals surface area contributed by atoms with Crippen molar-refractivity contribution in [2.24, 2.45) is 0 Å². The Morgan fingerprint density at radius 3 is 1.86 bits per heavy atom. The van der Waals surface area contributed by atoms with E-state index in [4.69, 9.17) is 4.74 Å². The summed E-state index contributed by atoms with van der Waals surface area (Å²) in [4.78, 5) is 24.2. The fourth-order valence-electron chi connectivity index (χ4n) is 3.45. The molecule has 0 aromatic rings. The van der Waals surface area contributed by atoms with Gasteiger partial charge < -0.3 is 10.1 Å². The molecule has 0 aliphatic carbocycles. The van der Waals surface area contributed by atoms with E-state index in [-0.39, 0.29) is 24.9 Å². The molecule has 1 rings (SSSR count). The number of carbonyl (C=O) groups is 2. The zero-order valence-corrected chi connectivity index (χ0v) is 14.1. The largest absolute Gasteiger partial charge is 0.461 e. The standard InChI is InChI=1S/C15H27N2O4/c1-10(2)21-12(19)15(16-11(3)18)8-13(4,5)17(20)14(6,7)9-15/h10H,8-9H2,1-7H3,(H,16,18). The van der Waals surface area contributed by atoms with Gasteiger partial charge >= 0.3 is 5.97 Å². The molecule has 6 nitrogen and oxygen atoms in total. The Labute approximate surface area is 126 Å². The molecule has 0 aromatic heterocycles. The van der Waals surface area contributed by atoms with Crippen molar-refractivity contribution in [3.05, 3.63) is 0 Å². The molecule has 1 saturated heterocycles. The number of hydrogen-bond donors (Lipinski definition) is 1. The Bertz CT molecular complexity index is 411. The van der Waals surface area contributed by atoms with E-state index in [9.17, 15) is 14.8 Å². The van der Waals surface area contributed by atoms with E-state index in [1.807, 2.05) is 0 Å². The Kier molecular flexibility index (Phi) is 4.75. The monoisotopic (exact) mass is 299 g/mol. The molecule has 0 bridgehead atoms. The van der Waals surface area contributed by atoms with Gasteiger partial charge in [-0.2, -0.15) is 0 Å². The van der Waals surface area contributed by atoms with E-state index in [1.165, 1.54) is 6.92 Å². The molecule has 0 spiro atoms. The molecule has 1 N–H and O–H groups in total. The van der Waals surface area contributed by atoms with Crippen molar-refractivity contribution < 1.29 is 19.5 Å². The first-order chi connectivity index (χ1) is 9.32. The molecule has 1 radical (unpaired) electrons. The average Bonchev–Trinajstić information content (AvgIpc) is 2.22. The molecule has 1 amide bonds. The summed E-state index contributed by atoms with van der Waals surface area (Å²) < 4.78 is 5.34. The van der Waals surface area contributed by atoms with Crippen LogP contribution in [0.3, 0.4) is 0 Å². The molecule has 1 heterocycles.